The molecule has 0 aliphatic heterocycles. The van der Waals surface area contributed by atoms with E-state index in [1.807, 2.05) is 66.1 Å². The molecule has 8 heteroatoms. The summed E-state index contributed by atoms with van der Waals surface area (Å²) in [4.78, 5) is 26.4. The van der Waals surface area contributed by atoms with Crippen LogP contribution < -0.4 is 15.4 Å². The highest BCUT2D eigenvalue weighted by Crippen LogP contribution is 2.29. The number of benzene rings is 1. The average Bonchev–Trinajstić information content (AvgIpc) is 3.26. The van der Waals surface area contributed by atoms with Crippen LogP contribution in [0.4, 0.5) is 5.82 Å². The normalized spacial score (nSPS) is 11.7. The van der Waals surface area contributed by atoms with E-state index in [2.05, 4.69) is 27.5 Å². The monoisotopic (exact) mass is 490 g/mol. The van der Waals surface area contributed by atoms with Crippen molar-refractivity contribution in [1.82, 2.24) is 24.7 Å². The first-order valence-corrected chi connectivity index (χ1v) is 11.9. The van der Waals surface area contributed by atoms with E-state index in [0.29, 0.717) is 17.3 Å². The number of aryl methyl sites for hydroxylation is 1. The number of carbonyl (C=O) groups is 1. The van der Waals surface area contributed by atoms with E-state index in [9.17, 15) is 4.79 Å². The lowest BCUT2D eigenvalue weighted by Gasteiger charge is -2.12. The number of aromatic nitrogens is 4. The number of amides is 1. The Morgan fingerprint density at radius 3 is 2.73 bits per heavy atom. The molecule has 0 saturated carbocycles. The Morgan fingerprint density at radius 2 is 1.92 bits per heavy atom. The van der Waals surface area contributed by atoms with Gasteiger partial charge in [0, 0.05) is 28.9 Å². The number of likely N-dealkylation sites (N-methyl/N-ethyl adjacent to an activating group) is 1. The molecule has 0 spiro atoms. The number of fused-ring (bicyclic) bond motifs is 2. The molecule has 5 aromatic rings. The minimum Gasteiger partial charge on any atom is -0.494 e. The molecule has 37 heavy (non-hydrogen) atoms. The first-order chi connectivity index (χ1) is 18.0. The van der Waals surface area contributed by atoms with Crippen molar-refractivity contribution >= 4 is 28.3 Å². The highest BCUT2D eigenvalue weighted by Gasteiger charge is 2.17. The molecule has 0 aliphatic carbocycles. The summed E-state index contributed by atoms with van der Waals surface area (Å²) in [5.41, 5.74) is 5.47. The van der Waals surface area contributed by atoms with Crippen LogP contribution in [0.1, 0.15) is 23.9 Å². The quantitative estimate of drug-likeness (QED) is 0.359. The second-order valence-corrected chi connectivity index (χ2v) is 8.53. The number of hydrogen-bond acceptors (Lipinski definition) is 6. The fraction of sp³-hybridized carbons (Fsp3) is 0.172. The van der Waals surface area contributed by atoms with Gasteiger partial charge >= 0.3 is 0 Å². The van der Waals surface area contributed by atoms with Crippen molar-refractivity contribution in [1.29, 1.82) is 0 Å². The van der Waals surface area contributed by atoms with Crippen LogP contribution in [-0.4, -0.2) is 45.5 Å². The van der Waals surface area contributed by atoms with Gasteiger partial charge in [0.15, 0.2) is 0 Å². The third-order valence-electron chi connectivity index (χ3n) is 6.20. The minimum absolute atomic E-state index is 0.181. The standard InChI is InChI=1S/C29H26N6O2/c1-18-28(35-17-6-5-9-26(35)32-18)22-12-15-25(34-29(36)19(2)30-3)33-23(22)13-10-20-11-14-24(37-4)27-21(20)8-7-16-31-27/h5-9,11-12,14-17,19,30H,1-4H3,(H,33,34,36). The predicted molar refractivity (Wildman–Crippen MR) is 145 cm³/mol. The van der Waals surface area contributed by atoms with Crippen LogP contribution in [0, 0.1) is 18.8 Å². The molecule has 0 saturated heterocycles. The Bertz CT molecular complexity index is 1700. The summed E-state index contributed by atoms with van der Waals surface area (Å²) >= 11 is 0. The molecule has 4 aromatic heterocycles. The largest absolute Gasteiger partial charge is 0.494 e. The molecule has 0 fully saturated rings. The van der Waals surface area contributed by atoms with Gasteiger partial charge < -0.3 is 15.4 Å². The fourth-order valence-electron chi connectivity index (χ4n) is 4.17. The Morgan fingerprint density at radius 1 is 1.05 bits per heavy atom. The number of ether oxygens (including phenoxy) is 1. The number of pyridine rings is 3. The first kappa shape index (κ1) is 24.0. The van der Waals surface area contributed by atoms with Gasteiger partial charge in [-0.3, -0.25) is 14.2 Å². The van der Waals surface area contributed by atoms with E-state index in [0.717, 1.165) is 39.1 Å². The van der Waals surface area contributed by atoms with Gasteiger partial charge in [0.05, 0.1) is 24.5 Å². The number of rotatable bonds is 5. The van der Waals surface area contributed by atoms with Gasteiger partial charge in [-0.15, -0.1) is 0 Å². The van der Waals surface area contributed by atoms with Crippen molar-refractivity contribution in [3.8, 4) is 28.8 Å². The molecule has 8 nitrogen and oxygen atoms in total. The average molecular weight is 491 g/mol. The van der Waals surface area contributed by atoms with Crippen LogP contribution in [0.5, 0.6) is 5.75 Å². The second kappa shape index (κ2) is 10.1. The lowest BCUT2D eigenvalue weighted by Crippen LogP contribution is -2.35. The number of anilines is 1. The fourth-order valence-corrected chi connectivity index (χ4v) is 4.17. The van der Waals surface area contributed by atoms with Crippen LogP contribution in [0.15, 0.2) is 67.0 Å². The smallest absolute Gasteiger partial charge is 0.242 e. The van der Waals surface area contributed by atoms with Crippen LogP contribution in [0.3, 0.4) is 0 Å². The summed E-state index contributed by atoms with van der Waals surface area (Å²) in [7, 11) is 3.36. The molecule has 1 aromatic carbocycles. The zero-order chi connectivity index (χ0) is 25.9. The molecule has 2 N–H and O–H groups in total. The van der Waals surface area contributed by atoms with Gasteiger partial charge in [0.1, 0.15) is 28.4 Å². The van der Waals surface area contributed by atoms with Crippen molar-refractivity contribution < 1.29 is 9.53 Å². The van der Waals surface area contributed by atoms with Crippen LogP contribution in [-0.2, 0) is 4.79 Å². The lowest BCUT2D eigenvalue weighted by molar-refractivity contribution is -0.117. The summed E-state index contributed by atoms with van der Waals surface area (Å²) in [5, 5.41) is 6.69. The molecule has 5 rings (SSSR count). The van der Waals surface area contributed by atoms with Gasteiger partial charge in [0.25, 0.3) is 0 Å². The number of methoxy groups -OCH3 is 1. The summed E-state index contributed by atoms with van der Waals surface area (Å²) in [6, 6.07) is 16.8. The SMILES string of the molecule is CNC(C)C(=O)Nc1ccc(-c2c(C)nc3ccccn23)c(C#Cc2ccc(OC)c3ncccc23)n1. The highest BCUT2D eigenvalue weighted by atomic mass is 16.5. The van der Waals surface area contributed by atoms with Gasteiger partial charge in [-0.2, -0.15) is 0 Å². The lowest BCUT2D eigenvalue weighted by atomic mass is 10.1. The van der Waals surface area contributed by atoms with Gasteiger partial charge in [-0.05, 0) is 75.3 Å². The maximum absolute atomic E-state index is 12.5. The first-order valence-electron chi connectivity index (χ1n) is 11.9. The zero-order valence-corrected chi connectivity index (χ0v) is 21.0. The maximum Gasteiger partial charge on any atom is 0.242 e. The summed E-state index contributed by atoms with van der Waals surface area (Å²) < 4.78 is 7.49. The highest BCUT2D eigenvalue weighted by molar-refractivity contribution is 5.94. The van der Waals surface area contributed by atoms with E-state index < -0.39 is 0 Å². The van der Waals surface area contributed by atoms with E-state index in [-0.39, 0.29) is 11.9 Å². The Labute approximate surface area is 214 Å². The minimum atomic E-state index is -0.366. The molecule has 0 aliphatic rings. The Hall–Kier alpha value is -4.74. The molecule has 1 atom stereocenters. The van der Waals surface area contributed by atoms with Gasteiger partial charge in [-0.25, -0.2) is 9.97 Å². The molecule has 0 radical (unpaired) electrons. The molecular weight excluding hydrogens is 464 g/mol. The van der Waals surface area contributed by atoms with Crippen molar-refractivity contribution in [3.05, 3.63) is 83.9 Å². The van der Waals surface area contributed by atoms with E-state index >= 15 is 0 Å². The van der Waals surface area contributed by atoms with Gasteiger partial charge in [-0.1, -0.05) is 12.0 Å². The number of carbonyl (C=O) groups excluding carboxylic acids is 1. The van der Waals surface area contributed by atoms with Crippen LogP contribution >= 0.6 is 0 Å². The summed E-state index contributed by atoms with van der Waals surface area (Å²) in [5.74, 6) is 7.46. The van der Waals surface area contributed by atoms with Crippen LogP contribution in [0.25, 0.3) is 27.8 Å². The van der Waals surface area contributed by atoms with E-state index in [1.165, 1.54) is 0 Å². The molecule has 4 heterocycles. The van der Waals surface area contributed by atoms with Gasteiger partial charge in [0.2, 0.25) is 5.91 Å². The zero-order valence-electron chi connectivity index (χ0n) is 21.0. The second-order valence-electron chi connectivity index (χ2n) is 8.53. The van der Waals surface area contributed by atoms with E-state index in [1.54, 1.807) is 33.3 Å². The van der Waals surface area contributed by atoms with E-state index in [4.69, 9.17) is 14.7 Å². The number of nitrogens with zero attached hydrogens (tertiary/aromatic N) is 4. The van der Waals surface area contributed by atoms with Crippen molar-refractivity contribution in [2.24, 2.45) is 0 Å². The Balaban J connectivity index is 1.67. The number of hydrogen-bond donors (Lipinski definition) is 2. The van der Waals surface area contributed by atoms with Crippen LogP contribution in [0.2, 0.25) is 0 Å². The number of imidazole rings is 1. The maximum atomic E-state index is 12.5. The summed E-state index contributed by atoms with van der Waals surface area (Å²) in [6.07, 6.45) is 3.70. The van der Waals surface area contributed by atoms with Crippen molar-refractivity contribution in [2.45, 2.75) is 19.9 Å². The molecule has 1 unspecified atom stereocenters. The predicted octanol–water partition coefficient (Wildman–Crippen LogP) is 4.21. The molecular formula is C29H26N6O2. The molecule has 0 bridgehead atoms. The topological polar surface area (TPSA) is 93.4 Å². The molecule has 184 valence electrons. The molecule has 1 amide bonds. The number of nitrogens with one attached hydrogen (secondary N) is 2. The Kier molecular flexibility index (Phi) is 6.54. The summed E-state index contributed by atoms with van der Waals surface area (Å²) in [6.45, 7) is 3.75. The van der Waals surface area contributed by atoms with Crippen molar-refractivity contribution in [3.63, 3.8) is 0 Å². The third-order valence-corrected chi connectivity index (χ3v) is 6.20. The van der Waals surface area contributed by atoms with Crippen molar-refractivity contribution in [2.75, 3.05) is 19.5 Å². The third kappa shape index (κ3) is 4.60.